The number of pyridine rings is 1. The Morgan fingerprint density at radius 1 is 1.36 bits per heavy atom. The molecule has 0 atom stereocenters. The highest BCUT2D eigenvalue weighted by Crippen LogP contribution is 2.21. The molecular weight excluding hydrogens is 298 g/mol. The monoisotopic (exact) mass is 319 g/mol. The summed E-state index contributed by atoms with van der Waals surface area (Å²) in [5.41, 5.74) is 0.911. The maximum Gasteiger partial charge on any atom is 0.230 e. The summed E-state index contributed by atoms with van der Waals surface area (Å²) in [7, 11) is 1.89. The van der Waals surface area contributed by atoms with Gasteiger partial charge in [0.1, 0.15) is 0 Å². The van der Waals surface area contributed by atoms with Gasteiger partial charge in [-0.2, -0.15) is 0 Å². The molecule has 0 saturated carbocycles. The van der Waals surface area contributed by atoms with Gasteiger partial charge in [0, 0.05) is 31.5 Å². The summed E-state index contributed by atoms with van der Waals surface area (Å²) in [6, 6.07) is 3.80. The smallest absolute Gasteiger partial charge is 0.230 e. The number of rotatable bonds is 8. The van der Waals surface area contributed by atoms with E-state index in [4.69, 9.17) is 0 Å². The SMILES string of the molecule is CCCCCNC(=O)CSc1nnc(-c2cccnc2)n1C. The average molecular weight is 319 g/mol. The molecule has 0 saturated heterocycles. The molecule has 2 rings (SSSR count). The number of unbranched alkanes of at least 4 members (excludes halogenated alkanes) is 2. The minimum absolute atomic E-state index is 0.0343. The predicted molar refractivity (Wildman–Crippen MR) is 87.5 cm³/mol. The molecule has 0 unspecified atom stereocenters. The fourth-order valence-electron chi connectivity index (χ4n) is 1.97. The summed E-state index contributed by atoms with van der Waals surface area (Å²) in [5, 5.41) is 12.0. The summed E-state index contributed by atoms with van der Waals surface area (Å²) in [6.07, 6.45) is 6.80. The van der Waals surface area contributed by atoms with Gasteiger partial charge in [-0.05, 0) is 18.6 Å². The van der Waals surface area contributed by atoms with Gasteiger partial charge in [-0.3, -0.25) is 9.78 Å². The number of nitrogens with zero attached hydrogens (tertiary/aromatic N) is 4. The number of carbonyl (C=O) groups excluding carboxylic acids is 1. The first-order valence-corrected chi connectivity index (χ1v) is 8.40. The molecule has 0 aliphatic carbocycles. The Hall–Kier alpha value is -1.89. The molecule has 1 N–H and O–H groups in total. The number of carbonyl (C=O) groups is 1. The Balaban J connectivity index is 1.87. The van der Waals surface area contributed by atoms with Crippen molar-refractivity contribution in [3.05, 3.63) is 24.5 Å². The standard InChI is InChI=1S/C15H21N5OS/c1-3-4-5-9-17-13(21)11-22-15-19-18-14(20(15)2)12-7-6-8-16-10-12/h6-8,10H,3-5,9,11H2,1-2H3,(H,17,21). The zero-order valence-electron chi connectivity index (χ0n) is 13.0. The van der Waals surface area contributed by atoms with E-state index in [1.54, 1.807) is 12.4 Å². The van der Waals surface area contributed by atoms with Gasteiger partial charge in [0.05, 0.1) is 5.75 Å². The van der Waals surface area contributed by atoms with Gasteiger partial charge in [-0.15, -0.1) is 10.2 Å². The van der Waals surface area contributed by atoms with Crippen molar-refractivity contribution in [3.8, 4) is 11.4 Å². The van der Waals surface area contributed by atoms with Crippen LogP contribution in [-0.2, 0) is 11.8 Å². The lowest BCUT2D eigenvalue weighted by atomic mass is 10.2. The Morgan fingerprint density at radius 2 is 2.23 bits per heavy atom. The van der Waals surface area contributed by atoms with Crippen molar-refractivity contribution in [3.63, 3.8) is 0 Å². The van der Waals surface area contributed by atoms with Crippen LogP contribution >= 0.6 is 11.8 Å². The fraction of sp³-hybridized carbons (Fsp3) is 0.467. The largest absolute Gasteiger partial charge is 0.355 e. The molecule has 0 spiro atoms. The summed E-state index contributed by atoms with van der Waals surface area (Å²) < 4.78 is 1.88. The normalized spacial score (nSPS) is 10.6. The highest BCUT2D eigenvalue weighted by molar-refractivity contribution is 7.99. The molecule has 6 nitrogen and oxygen atoms in total. The highest BCUT2D eigenvalue weighted by atomic mass is 32.2. The second-order valence-corrected chi connectivity index (χ2v) is 5.90. The number of thioether (sulfide) groups is 1. The molecule has 0 radical (unpaired) electrons. The van der Waals surface area contributed by atoms with Gasteiger partial charge < -0.3 is 9.88 Å². The summed E-state index contributed by atoms with van der Waals surface area (Å²) in [5.74, 6) is 1.14. The van der Waals surface area contributed by atoms with E-state index in [1.165, 1.54) is 11.8 Å². The minimum Gasteiger partial charge on any atom is -0.355 e. The molecule has 2 aromatic rings. The molecule has 7 heteroatoms. The van der Waals surface area contributed by atoms with Crippen LogP contribution in [0.15, 0.2) is 29.7 Å². The molecule has 0 aliphatic rings. The highest BCUT2D eigenvalue weighted by Gasteiger charge is 2.12. The second kappa shape index (κ2) is 8.53. The van der Waals surface area contributed by atoms with E-state index in [-0.39, 0.29) is 5.91 Å². The van der Waals surface area contributed by atoms with Gasteiger partial charge in [-0.25, -0.2) is 0 Å². The number of hydrogen-bond donors (Lipinski definition) is 1. The van der Waals surface area contributed by atoms with Crippen LogP contribution in [0, 0.1) is 0 Å². The minimum atomic E-state index is 0.0343. The third-order valence-corrected chi connectivity index (χ3v) is 4.21. The number of amides is 1. The Kier molecular flexibility index (Phi) is 6.39. The summed E-state index contributed by atoms with van der Waals surface area (Å²) >= 11 is 1.39. The van der Waals surface area contributed by atoms with Crippen molar-refractivity contribution < 1.29 is 4.79 Å². The van der Waals surface area contributed by atoms with Crippen LogP contribution in [0.5, 0.6) is 0 Å². The quantitative estimate of drug-likeness (QED) is 0.597. The maximum absolute atomic E-state index is 11.8. The van der Waals surface area contributed by atoms with Crippen LogP contribution in [0.3, 0.4) is 0 Å². The molecule has 0 aliphatic heterocycles. The third-order valence-electron chi connectivity index (χ3n) is 3.19. The molecular formula is C15H21N5OS. The third kappa shape index (κ3) is 4.56. The maximum atomic E-state index is 11.8. The lowest BCUT2D eigenvalue weighted by Crippen LogP contribution is -2.26. The zero-order chi connectivity index (χ0) is 15.8. The van der Waals surface area contributed by atoms with E-state index >= 15 is 0 Å². The zero-order valence-corrected chi connectivity index (χ0v) is 13.8. The van der Waals surface area contributed by atoms with Crippen LogP contribution in [0.2, 0.25) is 0 Å². The molecule has 1 amide bonds. The van der Waals surface area contributed by atoms with Crippen LogP contribution in [0.25, 0.3) is 11.4 Å². The van der Waals surface area contributed by atoms with E-state index in [0.717, 1.165) is 42.4 Å². The first-order chi connectivity index (χ1) is 10.7. The van der Waals surface area contributed by atoms with Crippen molar-refractivity contribution in [2.24, 2.45) is 7.05 Å². The van der Waals surface area contributed by atoms with Crippen molar-refractivity contribution >= 4 is 17.7 Å². The lowest BCUT2D eigenvalue weighted by Gasteiger charge is -2.05. The van der Waals surface area contributed by atoms with E-state index in [0.29, 0.717) is 5.75 Å². The van der Waals surface area contributed by atoms with E-state index in [2.05, 4.69) is 27.4 Å². The average Bonchev–Trinajstić information content (AvgIpc) is 2.91. The molecule has 0 bridgehead atoms. The van der Waals surface area contributed by atoms with Gasteiger partial charge in [0.15, 0.2) is 11.0 Å². The molecule has 118 valence electrons. The van der Waals surface area contributed by atoms with Gasteiger partial charge in [0.25, 0.3) is 0 Å². The summed E-state index contributed by atoms with van der Waals surface area (Å²) in [6.45, 7) is 2.89. The van der Waals surface area contributed by atoms with Gasteiger partial charge in [-0.1, -0.05) is 31.5 Å². The lowest BCUT2D eigenvalue weighted by molar-refractivity contribution is -0.118. The Bertz CT molecular complexity index is 599. The number of nitrogens with one attached hydrogen (secondary N) is 1. The molecule has 22 heavy (non-hydrogen) atoms. The first-order valence-electron chi connectivity index (χ1n) is 7.41. The molecule has 0 aromatic carbocycles. The van der Waals surface area contributed by atoms with E-state index < -0.39 is 0 Å². The van der Waals surface area contributed by atoms with Crippen LogP contribution < -0.4 is 5.32 Å². The number of hydrogen-bond acceptors (Lipinski definition) is 5. The van der Waals surface area contributed by atoms with E-state index in [1.807, 2.05) is 23.7 Å². The molecule has 0 fully saturated rings. The van der Waals surface area contributed by atoms with Gasteiger partial charge >= 0.3 is 0 Å². The van der Waals surface area contributed by atoms with Crippen LogP contribution in [0.4, 0.5) is 0 Å². The molecule has 2 heterocycles. The van der Waals surface area contributed by atoms with Crippen molar-refractivity contribution in [2.45, 2.75) is 31.3 Å². The summed E-state index contributed by atoms with van der Waals surface area (Å²) in [4.78, 5) is 15.9. The molecule has 2 aromatic heterocycles. The fourth-order valence-corrected chi connectivity index (χ4v) is 2.71. The van der Waals surface area contributed by atoms with Crippen molar-refractivity contribution in [2.75, 3.05) is 12.3 Å². The Morgan fingerprint density at radius 3 is 2.95 bits per heavy atom. The predicted octanol–water partition coefficient (Wildman–Crippen LogP) is 2.28. The van der Waals surface area contributed by atoms with Crippen molar-refractivity contribution in [1.29, 1.82) is 0 Å². The van der Waals surface area contributed by atoms with Crippen LogP contribution in [-0.4, -0.2) is 38.0 Å². The van der Waals surface area contributed by atoms with Crippen molar-refractivity contribution in [1.82, 2.24) is 25.1 Å². The van der Waals surface area contributed by atoms with E-state index in [9.17, 15) is 4.79 Å². The van der Waals surface area contributed by atoms with Crippen LogP contribution in [0.1, 0.15) is 26.2 Å². The van der Waals surface area contributed by atoms with Gasteiger partial charge in [0.2, 0.25) is 5.91 Å². The Labute approximate surface area is 134 Å². The second-order valence-electron chi connectivity index (χ2n) is 4.95. The first kappa shape index (κ1) is 16.5. The topological polar surface area (TPSA) is 72.7 Å². The number of aromatic nitrogens is 4.